The Morgan fingerprint density at radius 2 is 1.80 bits per heavy atom. The molecule has 0 radical (unpaired) electrons. The molecular formula is C17H21NO2. The number of ether oxygens (including phenoxy) is 1. The zero-order valence-corrected chi connectivity index (χ0v) is 11.8. The lowest BCUT2D eigenvalue weighted by atomic mass is 10.1. The van der Waals surface area contributed by atoms with E-state index < -0.39 is 0 Å². The van der Waals surface area contributed by atoms with Crippen LogP contribution in [0.3, 0.4) is 0 Å². The monoisotopic (exact) mass is 271 g/mol. The van der Waals surface area contributed by atoms with Crippen molar-refractivity contribution in [2.75, 3.05) is 18.5 Å². The van der Waals surface area contributed by atoms with Gasteiger partial charge in [0.25, 0.3) is 0 Å². The summed E-state index contributed by atoms with van der Waals surface area (Å²) in [5.74, 6) is 0.930. The van der Waals surface area contributed by atoms with Crippen LogP contribution >= 0.6 is 0 Å². The molecule has 106 valence electrons. The molecule has 2 N–H and O–H groups in total. The highest BCUT2D eigenvalue weighted by atomic mass is 16.5. The molecule has 0 aromatic heterocycles. The van der Waals surface area contributed by atoms with Crippen molar-refractivity contribution < 1.29 is 9.84 Å². The Balaban J connectivity index is 1.97. The van der Waals surface area contributed by atoms with E-state index in [0.717, 1.165) is 29.1 Å². The van der Waals surface area contributed by atoms with Crippen LogP contribution in [0.4, 0.5) is 5.69 Å². The number of para-hydroxylation sites is 1. The first-order chi connectivity index (χ1) is 9.83. The predicted molar refractivity (Wildman–Crippen MR) is 82.2 cm³/mol. The highest BCUT2D eigenvalue weighted by molar-refractivity contribution is 5.46. The molecule has 0 saturated heterocycles. The fourth-order valence-corrected chi connectivity index (χ4v) is 2.06. The zero-order chi connectivity index (χ0) is 14.2. The molecule has 0 aliphatic rings. The normalized spacial score (nSPS) is 10.3. The molecule has 0 amide bonds. The first kappa shape index (κ1) is 14.4. The lowest BCUT2D eigenvalue weighted by Crippen LogP contribution is -2.03. The van der Waals surface area contributed by atoms with Crippen LogP contribution in [0.25, 0.3) is 0 Å². The van der Waals surface area contributed by atoms with Crippen molar-refractivity contribution >= 4 is 5.69 Å². The number of nitrogens with one attached hydrogen (secondary N) is 1. The minimum Gasteiger partial charge on any atom is -0.494 e. The number of aliphatic hydroxyl groups is 1. The fraction of sp³-hybridized carbons (Fsp3) is 0.294. The van der Waals surface area contributed by atoms with Gasteiger partial charge in [0.2, 0.25) is 0 Å². The average Bonchev–Trinajstić information content (AvgIpc) is 2.48. The Morgan fingerprint density at radius 1 is 1.05 bits per heavy atom. The lowest BCUT2D eigenvalue weighted by molar-refractivity contribution is 0.299. The topological polar surface area (TPSA) is 41.5 Å². The molecule has 2 aromatic rings. The average molecular weight is 271 g/mol. The van der Waals surface area contributed by atoms with Gasteiger partial charge in [-0.1, -0.05) is 30.3 Å². The van der Waals surface area contributed by atoms with Gasteiger partial charge in [-0.15, -0.1) is 0 Å². The van der Waals surface area contributed by atoms with Crippen molar-refractivity contribution in [3.63, 3.8) is 0 Å². The maximum absolute atomic E-state index is 8.89. The summed E-state index contributed by atoms with van der Waals surface area (Å²) in [6, 6.07) is 16.2. The Labute approximate surface area is 120 Å². The van der Waals surface area contributed by atoms with Crippen LogP contribution < -0.4 is 10.1 Å². The van der Waals surface area contributed by atoms with Gasteiger partial charge in [0.05, 0.1) is 6.61 Å². The summed E-state index contributed by atoms with van der Waals surface area (Å²) < 4.78 is 5.61. The third-order valence-corrected chi connectivity index (χ3v) is 3.11. The number of rotatable bonds is 7. The van der Waals surface area contributed by atoms with E-state index in [-0.39, 0.29) is 6.61 Å². The van der Waals surface area contributed by atoms with Crippen LogP contribution in [0.1, 0.15) is 18.1 Å². The summed E-state index contributed by atoms with van der Waals surface area (Å²) >= 11 is 0. The number of anilines is 1. The van der Waals surface area contributed by atoms with Crippen molar-refractivity contribution in [2.24, 2.45) is 0 Å². The number of aliphatic hydroxyl groups excluding tert-OH is 1. The maximum Gasteiger partial charge on any atom is 0.124 e. The highest BCUT2D eigenvalue weighted by Crippen LogP contribution is 2.19. The van der Waals surface area contributed by atoms with Crippen LogP contribution in [0, 0.1) is 0 Å². The molecular weight excluding hydrogens is 250 g/mol. The molecule has 0 bridgehead atoms. The zero-order valence-electron chi connectivity index (χ0n) is 11.8. The quantitative estimate of drug-likeness (QED) is 0.812. The van der Waals surface area contributed by atoms with Crippen LogP contribution in [0.5, 0.6) is 5.75 Å². The Morgan fingerprint density at radius 3 is 2.50 bits per heavy atom. The smallest absolute Gasteiger partial charge is 0.124 e. The SMILES string of the molecule is CCOc1ccccc1CNc1ccc(CCO)cc1. The molecule has 2 aromatic carbocycles. The molecule has 0 aliphatic heterocycles. The molecule has 0 unspecified atom stereocenters. The van der Waals surface area contributed by atoms with E-state index in [1.165, 1.54) is 0 Å². The van der Waals surface area contributed by atoms with Gasteiger partial charge in [-0.05, 0) is 37.1 Å². The van der Waals surface area contributed by atoms with Crippen molar-refractivity contribution in [2.45, 2.75) is 19.9 Å². The maximum atomic E-state index is 8.89. The molecule has 3 heteroatoms. The summed E-state index contributed by atoms with van der Waals surface area (Å²) in [6.45, 7) is 3.58. The van der Waals surface area contributed by atoms with Gasteiger partial charge >= 0.3 is 0 Å². The van der Waals surface area contributed by atoms with Crippen LogP contribution in [-0.4, -0.2) is 18.3 Å². The van der Waals surface area contributed by atoms with Crippen LogP contribution in [-0.2, 0) is 13.0 Å². The standard InChI is InChI=1S/C17H21NO2/c1-2-20-17-6-4-3-5-15(17)13-18-16-9-7-14(8-10-16)11-12-19/h3-10,18-19H,2,11-13H2,1H3. The first-order valence-corrected chi connectivity index (χ1v) is 6.98. The van der Waals surface area contributed by atoms with Gasteiger partial charge in [-0.3, -0.25) is 0 Å². The largest absolute Gasteiger partial charge is 0.494 e. The minimum atomic E-state index is 0.189. The molecule has 3 nitrogen and oxygen atoms in total. The Kier molecular flexibility index (Phi) is 5.44. The van der Waals surface area contributed by atoms with E-state index in [1.54, 1.807) is 0 Å². The van der Waals surface area contributed by atoms with Gasteiger partial charge in [-0.2, -0.15) is 0 Å². The van der Waals surface area contributed by atoms with E-state index in [2.05, 4.69) is 11.4 Å². The van der Waals surface area contributed by atoms with Crippen LogP contribution in [0.15, 0.2) is 48.5 Å². The molecule has 0 saturated carbocycles. The second-order valence-electron chi connectivity index (χ2n) is 4.56. The second-order valence-corrected chi connectivity index (χ2v) is 4.56. The van der Waals surface area contributed by atoms with Gasteiger partial charge in [0.1, 0.15) is 5.75 Å². The number of hydrogen-bond donors (Lipinski definition) is 2. The Hall–Kier alpha value is -2.00. The van der Waals surface area contributed by atoms with E-state index in [9.17, 15) is 0 Å². The number of hydrogen-bond acceptors (Lipinski definition) is 3. The fourth-order valence-electron chi connectivity index (χ4n) is 2.06. The van der Waals surface area contributed by atoms with Crippen molar-refractivity contribution in [3.8, 4) is 5.75 Å². The summed E-state index contributed by atoms with van der Waals surface area (Å²) in [7, 11) is 0. The highest BCUT2D eigenvalue weighted by Gasteiger charge is 2.02. The van der Waals surface area contributed by atoms with Gasteiger partial charge < -0.3 is 15.2 Å². The lowest BCUT2D eigenvalue weighted by Gasteiger charge is -2.12. The summed E-state index contributed by atoms with van der Waals surface area (Å²) in [5, 5.41) is 12.3. The second kappa shape index (κ2) is 7.56. The molecule has 0 fully saturated rings. The van der Waals surface area contributed by atoms with Gasteiger partial charge in [-0.25, -0.2) is 0 Å². The van der Waals surface area contributed by atoms with E-state index >= 15 is 0 Å². The van der Waals surface area contributed by atoms with Crippen LogP contribution in [0.2, 0.25) is 0 Å². The molecule has 0 atom stereocenters. The molecule has 20 heavy (non-hydrogen) atoms. The molecule has 2 rings (SSSR count). The molecule has 0 aliphatic carbocycles. The van der Waals surface area contributed by atoms with Crippen molar-refractivity contribution in [1.29, 1.82) is 0 Å². The summed E-state index contributed by atoms with van der Waals surface area (Å²) in [5.41, 5.74) is 3.36. The van der Waals surface area contributed by atoms with Crippen molar-refractivity contribution in [1.82, 2.24) is 0 Å². The third kappa shape index (κ3) is 4.00. The van der Waals surface area contributed by atoms with E-state index in [0.29, 0.717) is 13.0 Å². The summed E-state index contributed by atoms with van der Waals surface area (Å²) in [4.78, 5) is 0. The number of benzene rings is 2. The summed E-state index contributed by atoms with van der Waals surface area (Å²) in [6.07, 6.45) is 0.702. The van der Waals surface area contributed by atoms with E-state index in [1.807, 2.05) is 49.4 Å². The van der Waals surface area contributed by atoms with Gasteiger partial charge in [0.15, 0.2) is 0 Å². The molecule has 0 spiro atoms. The Bertz CT molecular complexity index is 523. The first-order valence-electron chi connectivity index (χ1n) is 6.98. The minimum absolute atomic E-state index is 0.189. The predicted octanol–water partition coefficient (Wildman–Crippen LogP) is 3.23. The molecule has 0 heterocycles. The van der Waals surface area contributed by atoms with E-state index in [4.69, 9.17) is 9.84 Å². The van der Waals surface area contributed by atoms with Gasteiger partial charge in [0, 0.05) is 24.4 Å². The third-order valence-electron chi connectivity index (χ3n) is 3.11. The van der Waals surface area contributed by atoms with Crippen molar-refractivity contribution in [3.05, 3.63) is 59.7 Å².